The van der Waals surface area contributed by atoms with Crippen molar-refractivity contribution >= 4 is 23.2 Å². The smallest absolute Gasteiger partial charge is 0.246 e. The predicted molar refractivity (Wildman–Crippen MR) is 83.3 cm³/mol. The lowest BCUT2D eigenvalue weighted by Crippen LogP contribution is -2.63. The molecule has 0 radical (unpaired) electrons. The second kappa shape index (κ2) is 5.13. The third-order valence-electron chi connectivity index (χ3n) is 4.68. The normalized spacial score (nSPS) is 26.4. The van der Waals surface area contributed by atoms with Crippen molar-refractivity contribution in [3.05, 3.63) is 22.4 Å². The molecule has 3 rings (SSSR count). The van der Waals surface area contributed by atoms with Gasteiger partial charge in [-0.3, -0.25) is 9.59 Å². The van der Waals surface area contributed by atoms with Gasteiger partial charge in [0.1, 0.15) is 12.1 Å². The molecule has 4 nitrogen and oxygen atoms in total. The molecule has 5 heteroatoms. The van der Waals surface area contributed by atoms with Gasteiger partial charge in [-0.25, -0.2) is 0 Å². The summed E-state index contributed by atoms with van der Waals surface area (Å²) in [4.78, 5) is 30.0. The molecule has 0 saturated carbocycles. The summed E-state index contributed by atoms with van der Waals surface area (Å²) < 4.78 is 0. The van der Waals surface area contributed by atoms with E-state index < -0.39 is 0 Å². The third-order valence-corrected chi connectivity index (χ3v) is 5.92. The molecule has 1 aromatic rings. The molecular formula is C16H22N2O2S. The van der Waals surface area contributed by atoms with Crippen LogP contribution < -0.4 is 0 Å². The Balaban J connectivity index is 1.84. The van der Waals surface area contributed by atoms with Crippen LogP contribution in [-0.2, 0) is 15.0 Å². The van der Waals surface area contributed by atoms with Gasteiger partial charge in [0.25, 0.3) is 0 Å². The van der Waals surface area contributed by atoms with Crippen LogP contribution >= 0.6 is 11.3 Å². The highest BCUT2D eigenvalue weighted by molar-refractivity contribution is 7.10. The lowest BCUT2D eigenvalue weighted by molar-refractivity contribution is -0.159. The first-order valence-corrected chi connectivity index (χ1v) is 8.45. The van der Waals surface area contributed by atoms with Crippen LogP contribution in [0.2, 0.25) is 0 Å². The summed E-state index contributed by atoms with van der Waals surface area (Å²) in [5, 5.41) is 2.06. The van der Waals surface area contributed by atoms with Crippen molar-refractivity contribution in [3.63, 3.8) is 0 Å². The first kappa shape index (κ1) is 14.6. The maximum atomic E-state index is 12.7. The molecule has 2 unspecified atom stereocenters. The van der Waals surface area contributed by atoms with Crippen LogP contribution in [0.1, 0.15) is 38.5 Å². The predicted octanol–water partition coefficient (Wildman–Crippen LogP) is 2.25. The summed E-state index contributed by atoms with van der Waals surface area (Å²) in [7, 11) is 0. The average molecular weight is 306 g/mol. The molecule has 0 aliphatic carbocycles. The van der Waals surface area contributed by atoms with Gasteiger partial charge in [0, 0.05) is 23.4 Å². The van der Waals surface area contributed by atoms with E-state index in [1.165, 1.54) is 4.88 Å². The minimum Gasteiger partial charge on any atom is -0.329 e. The van der Waals surface area contributed by atoms with Gasteiger partial charge in [0.15, 0.2) is 0 Å². The number of piperazine rings is 1. The molecule has 0 N–H and O–H groups in total. The van der Waals surface area contributed by atoms with Crippen molar-refractivity contribution in [2.24, 2.45) is 0 Å². The minimum atomic E-state index is -0.342. The topological polar surface area (TPSA) is 40.6 Å². The highest BCUT2D eigenvalue weighted by atomic mass is 32.1. The Morgan fingerprint density at radius 3 is 2.76 bits per heavy atom. The molecule has 3 heterocycles. The van der Waals surface area contributed by atoms with Gasteiger partial charge in [-0.2, -0.15) is 0 Å². The Kier molecular flexibility index (Phi) is 3.56. The van der Waals surface area contributed by atoms with Crippen molar-refractivity contribution in [1.82, 2.24) is 9.80 Å². The van der Waals surface area contributed by atoms with Crippen LogP contribution in [0.15, 0.2) is 17.5 Å². The summed E-state index contributed by atoms with van der Waals surface area (Å²) in [5.41, 5.74) is -0.126. The Morgan fingerprint density at radius 2 is 2.10 bits per heavy atom. The van der Waals surface area contributed by atoms with E-state index in [1.807, 2.05) is 13.0 Å². The van der Waals surface area contributed by atoms with E-state index in [9.17, 15) is 9.59 Å². The van der Waals surface area contributed by atoms with Gasteiger partial charge in [0.2, 0.25) is 11.8 Å². The molecule has 114 valence electrons. The number of carbonyl (C=O) groups excluding carboxylic acids is 2. The van der Waals surface area contributed by atoms with E-state index in [-0.39, 0.29) is 29.3 Å². The molecule has 2 saturated heterocycles. The number of carbonyl (C=O) groups is 2. The lowest BCUT2D eigenvalue weighted by atomic mass is 9.89. The zero-order valence-electron chi connectivity index (χ0n) is 12.8. The minimum absolute atomic E-state index is 0.110. The molecule has 0 aromatic carbocycles. The monoisotopic (exact) mass is 306 g/mol. The highest BCUT2D eigenvalue weighted by Gasteiger charge is 2.47. The first-order chi connectivity index (χ1) is 9.92. The Labute approximate surface area is 129 Å². The average Bonchev–Trinajstić information content (AvgIpc) is 3.11. The number of rotatable bonds is 3. The van der Waals surface area contributed by atoms with E-state index in [2.05, 4.69) is 25.3 Å². The quantitative estimate of drug-likeness (QED) is 0.859. The third kappa shape index (κ3) is 2.37. The van der Waals surface area contributed by atoms with Crippen molar-refractivity contribution in [2.75, 3.05) is 13.1 Å². The fourth-order valence-corrected chi connectivity index (χ4v) is 4.27. The second-order valence-corrected chi connectivity index (χ2v) is 7.64. The van der Waals surface area contributed by atoms with E-state index in [0.29, 0.717) is 6.54 Å². The molecule has 21 heavy (non-hydrogen) atoms. The van der Waals surface area contributed by atoms with E-state index in [0.717, 1.165) is 19.4 Å². The van der Waals surface area contributed by atoms with Crippen LogP contribution in [-0.4, -0.2) is 46.8 Å². The number of thiophene rings is 1. The summed E-state index contributed by atoms with van der Waals surface area (Å²) in [6.45, 7) is 7.49. The van der Waals surface area contributed by atoms with Crippen LogP contribution in [0.5, 0.6) is 0 Å². The van der Waals surface area contributed by atoms with Crippen molar-refractivity contribution < 1.29 is 9.59 Å². The Bertz CT molecular complexity index is 553. The highest BCUT2D eigenvalue weighted by Crippen LogP contribution is 2.33. The van der Waals surface area contributed by atoms with Gasteiger partial charge in [-0.1, -0.05) is 19.9 Å². The van der Waals surface area contributed by atoms with Gasteiger partial charge in [-0.15, -0.1) is 11.3 Å². The SMILES string of the molecule is CC1C(=O)N2CCCC2C(=O)N1CC(C)(C)c1cccs1. The van der Waals surface area contributed by atoms with E-state index in [4.69, 9.17) is 0 Å². The molecule has 2 aliphatic heterocycles. The van der Waals surface area contributed by atoms with Crippen molar-refractivity contribution in [1.29, 1.82) is 0 Å². The number of amides is 2. The molecular weight excluding hydrogens is 284 g/mol. The van der Waals surface area contributed by atoms with Crippen LogP contribution in [0.4, 0.5) is 0 Å². The fraction of sp³-hybridized carbons (Fsp3) is 0.625. The first-order valence-electron chi connectivity index (χ1n) is 7.57. The molecule has 0 bridgehead atoms. The number of hydrogen-bond acceptors (Lipinski definition) is 3. The van der Waals surface area contributed by atoms with Crippen LogP contribution in [0, 0.1) is 0 Å². The second-order valence-electron chi connectivity index (χ2n) is 6.69. The van der Waals surface area contributed by atoms with Gasteiger partial charge >= 0.3 is 0 Å². The number of hydrogen-bond donors (Lipinski definition) is 0. The number of fused-ring (bicyclic) bond motifs is 1. The molecule has 0 spiro atoms. The zero-order valence-corrected chi connectivity index (χ0v) is 13.7. The van der Waals surface area contributed by atoms with E-state index in [1.54, 1.807) is 21.1 Å². The summed E-state index contributed by atoms with van der Waals surface area (Å²) in [5.74, 6) is 0.239. The standard InChI is InChI=1S/C16H22N2O2S/c1-11-14(19)17-8-4-6-12(17)15(20)18(11)10-16(2,3)13-7-5-9-21-13/h5,7,9,11-12H,4,6,8,10H2,1-3H3. The zero-order chi connectivity index (χ0) is 15.2. The van der Waals surface area contributed by atoms with Crippen LogP contribution in [0.3, 0.4) is 0 Å². The molecule has 2 amide bonds. The molecule has 2 aliphatic rings. The molecule has 2 atom stereocenters. The molecule has 1 aromatic heterocycles. The maximum Gasteiger partial charge on any atom is 0.246 e. The summed E-state index contributed by atoms with van der Waals surface area (Å²) in [6, 6.07) is 3.58. The number of nitrogens with zero attached hydrogens (tertiary/aromatic N) is 2. The molecule has 2 fully saturated rings. The lowest BCUT2D eigenvalue weighted by Gasteiger charge is -2.43. The summed E-state index contributed by atoms with van der Waals surface area (Å²) in [6.07, 6.45) is 1.75. The van der Waals surface area contributed by atoms with Gasteiger partial charge in [0.05, 0.1) is 0 Å². The van der Waals surface area contributed by atoms with Gasteiger partial charge < -0.3 is 9.80 Å². The van der Waals surface area contributed by atoms with Crippen LogP contribution in [0.25, 0.3) is 0 Å². The van der Waals surface area contributed by atoms with Crippen molar-refractivity contribution in [3.8, 4) is 0 Å². The maximum absolute atomic E-state index is 12.7. The van der Waals surface area contributed by atoms with Crippen molar-refractivity contribution in [2.45, 2.75) is 51.1 Å². The van der Waals surface area contributed by atoms with Gasteiger partial charge in [-0.05, 0) is 31.2 Å². The Hall–Kier alpha value is -1.36. The van der Waals surface area contributed by atoms with E-state index >= 15 is 0 Å². The Morgan fingerprint density at radius 1 is 1.33 bits per heavy atom. The fourth-order valence-electron chi connectivity index (χ4n) is 3.43. The largest absolute Gasteiger partial charge is 0.329 e. The summed E-state index contributed by atoms with van der Waals surface area (Å²) >= 11 is 1.71.